The van der Waals surface area contributed by atoms with Crippen molar-refractivity contribution in [3.63, 3.8) is 0 Å². The zero-order valence-corrected chi connectivity index (χ0v) is 8.07. The van der Waals surface area contributed by atoms with Gasteiger partial charge in [0.05, 0.1) is 13.4 Å². The molecule has 3 nitrogen and oxygen atoms in total. The highest BCUT2D eigenvalue weighted by Gasteiger charge is 1.97. The Bertz CT molecular complexity index is 306. The number of benzene rings is 1. The van der Waals surface area contributed by atoms with E-state index in [1.165, 1.54) is 6.26 Å². The molecule has 1 amide bonds. The SMILES string of the molecule is COC=CCC(=O)Nc1ccccc1. The fourth-order valence-electron chi connectivity index (χ4n) is 0.985. The van der Waals surface area contributed by atoms with Gasteiger partial charge in [0.2, 0.25) is 5.91 Å². The molecule has 0 aromatic heterocycles. The van der Waals surface area contributed by atoms with Crippen LogP contribution in [-0.2, 0) is 9.53 Å². The van der Waals surface area contributed by atoms with Crippen molar-refractivity contribution in [2.24, 2.45) is 0 Å². The van der Waals surface area contributed by atoms with Crippen LogP contribution in [0.3, 0.4) is 0 Å². The summed E-state index contributed by atoms with van der Waals surface area (Å²) in [5.41, 5.74) is 0.809. The minimum absolute atomic E-state index is 0.0514. The first-order valence-corrected chi connectivity index (χ1v) is 4.35. The molecule has 74 valence electrons. The second-order valence-electron chi connectivity index (χ2n) is 2.73. The van der Waals surface area contributed by atoms with Crippen molar-refractivity contribution in [2.45, 2.75) is 6.42 Å². The van der Waals surface area contributed by atoms with Crippen LogP contribution in [-0.4, -0.2) is 13.0 Å². The molecule has 0 radical (unpaired) electrons. The largest absolute Gasteiger partial charge is 0.505 e. The average molecular weight is 191 g/mol. The topological polar surface area (TPSA) is 38.3 Å². The van der Waals surface area contributed by atoms with Crippen molar-refractivity contribution in [3.8, 4) is 0 Å². The quantitative estimate of drug-likeness (QED) is 0.741. The molecular weight excluding hydrogens is 178 g/mol. The number of anilines is 1. The lowest BCUT2D eigenvalue weighted by Crippen LogP contribution is -2.09. The summed E-state index contributed by atoms with van der Waals surface area (Å²) in [5.74, 6) is -0.0514. The van der Waals surface area contributed by atoms with Crippen LogP contribution in [0.1, 0.15) is 6.42 Å². The van der Waals surface area contributed by atoms with Crippen molar-refractivity contribution >= 4 is 11.6 Å². The van der Waals surface area contributed by atoms with Crippen molar-refractivity contribution in [1.29, 1.82) is 0 Å². The molecule has 0 aliphatic carbocycles. The normalized spacial score (nSPS) is 10.1. The Morgan fingerprint density at radius 1 is 1.43 bits per heavy atom. The molecule has 0 atom stereocenters. The number of rotatable bonds is 4. The molecular formula is C11H13NO2. The Morgan fingerprint density at radius 3 is 2.79 bits per heavy atom. The molecule has 0 aliphatic rings. The molecule has 0 spiro atoms. The third kappa shape index (κ3) is 3.76. The molecule has 0 aliphatic heterocycles. The van der Waals surface area contributed by atoms with Gasteiger partial charge in [0.1, 0.15) is 0 Å². The molecule has 0 unspecified atom stereocenters. The maximum absolute atomic E-state index is 11.3. The lowest BCUT2D eigenvalue weighted by atomic mass is 10.3. The Hall–Kier alpha value is -1.77. The first kappa shape index (κ1) is 10.3. The van der Waals surface area contributed by atoms with Gasteiger partial charge in [-0.05, 0) is 18.2 Å². The Labute approximate surface area is 83.4 Å². The van der Waals surface area contributed by atoms with Crippen molar-refractivity contribution in [2.75, 3.05) is 12.4 Å². The summed E-state index contributed by atoms with van der Waals surface area (Å²) in [6, 6.07) is 9.34. The van der Waals surface area contributed by atoms with Crippen LogP contribution < -0.4 is 5.32 Å². The highest BCUT2D eigenvalue weighted by Crippen LogP contribution is 2.05. The number of para-hydroxylation sites is 1. The van der Waals surface area contributed by atoms with E-state index < -0.39 is 0 Å². The van der Waals surface area contributed by atoms with Crippen LogP contribution in [0.4, 0.5) is 5.69 Å². The molecule has 0 saturated carbocycles. The van der Waals surface area contributed by atoms with Gasteiger partial charge in [0, 0.05) is 12.1 Å². The fourth-order valence-corrected chi connectivity index (χ4v) is 0.985. The zero-order chi connectivity index (χ0) is 10.2. The van der Waals surface area contributed by atoms with Gasteiger partial charge in [-0.1, -0.05) is 18.2 Å². The van der Waals surface area contributed by atoms with Crippen LogP contribution in [0.15, 0.2) is 42.7 Å². The third-order valence-corrected chi connectivity index (χ3v) is 1.59. The van der Waals surface area contributed by atoms with Crippen molar-refractivity contribution in [1.82, 2.24) is 0 Å². The second-order valence-corrected chi connectivity index (χ2v) is 2.73. The fraction of sp³-hybridized carbons (Fsp3) is 0.182. The van der Waals surface area contributed by atoms with E-state index in [0.717, 1.165) is 5.69 Å². The molecule has 0 saturated heterocycles. The van der Waals surface area contributed by atoms with Crippen LogP contribution in [0.2, 0.25) is 0 Å². The van der Waals surface area contributed by atoms with Crippen molar-refractivity contribution in [3.05, 3.63) is 42.7 Å². The van der Waals surface area contributed by atoms with Gasteiger partial charge < -0.3 is 10.1 Å². The predicted molar refractivity (Wildman–Crippen MR) is 55.8 cm³/mol. The zero-order valence-electron chi connectivity index (χ0n) is 8.07. The summed E-state index contributed by atoms with van der Waals surface area (Å²) in [7, 11) is 1.55. The van der Waals surface area contributed by atoms with Crippen LogP contribution in [0.5, 0.6) is 0 Å². The Balaban J connectivity index is 2.38. The molecule has 14 heavy (non-hydrogen) atoms. The molecule has 0 fully saturated rings. The first-order valence-electron chi connectivity index (χ1n) is 4.35. The molecule has 3 heteroatoms. The van der Waals surface area contributed by atoms with E-state index in [9.17, 15) is 4.79 Å². The van der Waals surface area contributed by atoms with Gasteiger partial charge in [-0.25, -0.2) is 0 Å². The van der Waals surface area contributed by atoms with Crippen molar-refractivity contribution < 1.29 is 9.53 Å². The Kier molecular flexibility index (Phi) is 4.27. The summed E-state index contributed by atoms with van der Waals surface area (Å²) >= 11 is 0. The monoisotopic (exact) mass is 191 g/mol. The maximum Gasteiger partial charge on any atom is 0.228 e. The average Bonchev–Trinajstić information content (AvgIpc) is 2.20. The lowest BCUT2D eigenvalue weighted by molar-refractivity contribution is -0.115. The number of carbonyl (C=O) groups excluding carboxylic acids is 1. The number of methoxy groups -OCH3 is 1. The standard InChI is InChI=1S/C11H13NO2/c1-14-9-5-8-11(13)12-10-6-3-2-4-7-10/h2-7,9H,8H2,1H3,(H,12,13). The number of nitrogens with one attached hydrogen (secondary N) is 1. The summed E-state index contributed by atoms with van der Waals surface area (Å²) < 4.78 is 4.68. The molecule has 1 N–H and O–H groups in total. The van der Waals surface area contributed by atoms with E-state index in [1.54, 1.807) is 13.2 Å². The maximum atomic E-state index is 11.3. The Morgan fingerprint density at radius 2 is 2.14 bits per heavy atom. The van der Waals surface area contributed by atoms with E-state index >= 15 is 0 Å². The number of hydrogen-bond donors (Lipinski definition) is 1. The second kappa shape index (κ2) is 5.80. The van der Waals surface area contributed by atoms with Gasteiger partial charge >= 0.3 is 0 Å². The van der Waals surface area contributed by atoms with Gasteiger partial charge in [0.15, 0.2) is 0 Å². The van der Waals surface area contributed by atoms with E-state index in [1.807, 2.05) is 30.3 Å². The number of amides is 1. The van der Waals surface area contributed by atoms with E-state index in [2.05, 4.69) is 10.1 Å². The van der Waals surface area contributed by atoms with Gasteiger partial charge in [-0.2, -0.15) is 0 Å². The van der Waals surface area contributed by atoms with Crippen LogP contribution in [0.25, 0.3) is 0 Å². The smallest absolute Gasteiger partial charge is 0.228 e. The highest BCUT2D eigenvalue weighted by molar-refractivity contribution is 5.91. The van der Waals surface area contributed by atoms with Gasteiger partial charge in [-0.15, -0.1) is 0 Å². The molecule has 1 aromatic carbocycles. The third-order valence-electron chi connectivity index (χ3n) is 1.59. The number of carbonyl (C=O) groups is 1. The minimum Gasteiger partial charge on any atom is -0.505 e. The van der Waals surface area contributed by atoms with Gasteiger partial charge in [-0.3, -0.25) is 4.79 Å². The van der Waals surface area contributed by atoms with E-state index in [-0.39, 0.29) is 5.91 Å². The molecule has 1 rings (SSSR count). The lowest BCUT2D eigenvalue weighted by Gasteiger charge is -2.01. The summed E-state index contributed by atoms with van der Waals surface area (Å²) in [6.45, 7) is 0. The molecule has 0 bridgehead atoms. The summed E-state index contributed by atoms with van der Waals surface area (Å²) in [5, 5.41) is 2.76. The van der Waals surface area contributed by atoms with Crippen LogP contribution >= 0.6 is 0 Å². The number of hydrogen-bond acceptors (Lipinski definition) is 2. The molecule has 0 heterocycles. The van der Waals surface area contributed by atoms with Crippen LogP contribution in [0, 0.1) is 0 Å². The highest BCUT2D eigenvalue weighted by atomic mass is 16.5. The first-order chi connectivity index (χ1) is 6.83. The van der Waals surface area contributed by atoms with E-state index in [4.69, 9.17) is 0 Å². The minimum atomic E-state index is -0.0514. The molecule has 1 aromatic rings. The summed E-state index contributed by atoms with van der Waals surface area (Å²) in [6.07, 6.45) is 3.48. The van der Waals surface area contributed by atoms with Gasteiger partial charge in [0.25, 0.3) is 0 Å². The van der Waals surface area contributed by atoms with E-state index in [0.29, 0.717) is 6.42 Å². The predicted octanol–water partition coefficient (Wildman–Crippen LogP) is 2.18. The number of ether oxygens (including phenoxy) is 1. The summed E-state index contributed by atoms with van der Waals surface area (Å²) in [4.78, 5) is 11.3.